The van der Waals surface area contributed by atoms with Crippen LogP contribution in [0, 0.1) is 17.0 Å². The molecule has 142 valence electrons. The maximum atomic E-state index is 12.0. The average molecular weight is 381 g/mol. The maximum absolute atomic E-state index is 12.0. The molecule has 0 atom stereocenters. The van der Waals surface area contributed by atoms with Gasteiger partial charge in [-0.15, -0.1) is 0 Å². The molecule has 0 bridgehead atoms. The quantitative estimate of drug-likeness (QED) is 0.378. The van der Waals surface area contributed by atoms with Crippen LogP contribution in [0.25, 0.3) is 0 Å². The summed E-state index contributed by atoms with van der Waals surface area (Å²) >= 11 is 0. The number of nitro benzene ring substituents is 1. The lowest BCUT2D eigenvalue weighted by Crippen LogP contribution is -2.17. The number of nitrogens with zero attached hydrogens (tertiary/aromatic N) is 4. The highest BCUT2D eigenvalue weighted by molar-refractivity contribution is 5.95. The molecule has 0 radical (unpaired) electrons. The van der Waals surface area contributed by atoms with Crippen LogP contribution in [0.5, 0.6) is 5.75 Å². The van der Waals surface area contributed by atoms with Gasteiger partial charge in [-0.25, -0.2) is 10.1 Å². The van der Waals surface area contributed by atoms with Gasteiger partial charge in [-0.3, -0.25) is 14.9 Å². The van der Waals surface area contributed by atoms with Crippen LogP contribution >= 0.6 is 0 Å². The number of aryl methyl sites for hydroxylation is 1. The Morgan fingerprint density at radius 1 is 1.29 bits per heavy atom. The Balaban J connectivity index is 1.54. The second-order valence-corrected chi connectivity index (χ2v) is 5.66. The zero-order valence-electron chi connectivity index (χ0n) is 14.7. The summed E-state index contributed by atoms with van der Waals surface area (Å²) in [5.41, 5.74) is 4.33. The van der Waals surface area contributed by atoms with Gasteiger partial charge in [-0.05, 0) is 42.8 Å². The molecule has 3 rings (SSSR count). The first-order chi connectivity index (χ1) is 13.5. The number of benzene rings is 2. The number of hydrogen-bond acceptors (Lipinski definition) is 8. The minimum atomic E-state index is -0.565. The number of ether oxygens (including phenoxy) is 1. The van der Waals surface area contributed by atoms with Crippen molar-refractivity contribution in [2.24, 2.45) is 5.10 Å². The highest BCUT2D eigenvalue weighted by Gasteiger charge is 2.10. The Hall–Kier alpha value is -4.08. The largest absolute Gasteiger partial charge is 0.487 e. The zero-order chi connectivity index (χ0) is 19.9. The summed E-state index contributed by atoms with van der Waals surface area (Å²) in [6, 6.07) is 12.4. The van der Waals surface area contributed by atoms with E-state index >= 15 is 0 Å². The Morgan fingerprint density at radius 2 is 2.07 bits per heavy atom. The summed E-state index contributed by atoms with van der Waals surface area (Å²) in [5, 5.41) is 22.0. The van der Waals surface area contributed by atoms with E-state index in [-0.39, 0.29) is 17.9 Å². The molecule has 1 aromatic heterocycles. The molecule has 0 spiro atoms. The van der Waals surface area contributed by atoms with E-state index in [9.17, 15) is 14.9 Å². The Morgan fingerprint density at radius 3 is 2.75 bits per heavy atom. The van der Waals surface area contributed by atoms with E-state index in [0.717, 1.165) is 5.56 Å². The molecule has 1 amide bonds. The first-order valence-corrected chi connectivity index (χ1v) is 8.11. The Bertz CT molecular complexity index is 1010. The van der Waals surface area contributed by atoms with Gasteiger partial charge in [-0.2, -0.15) is 5.10 Å². The van der Waals surface area contributed by atoms with Crippen LogP contribution in [0.1, 0.15) is 27.3 Å². The lowest BCUT2D eigenvalue weighted by atomic mass is 10.2. The molecule has 0 unspecified atom stereocenters. The third kappa shape index (κ3) is 4.75. The molecule has 3 aromatic rings. The van der Waals surface area contributed by atoms with Crippen molar-refractivity contribution in [1.29, 1.82) is 0 Å². The zero-order valence-corrected chi connectivity index (χ0v) is 14.7. The first-order valence-electron chi connectivity index (χ1n) is 8.11. The second-order valence-electron chi connectivity index (χ2n) is 5.66. The lowest BCUT2D eigenvalue weighted by molar-refractivity contribution is -0.384. The summed E-state index contributed by atoms with van der Waals surface area (Å²) in [7, 11) is 0. The number of non-ortho nitro benzene ring substituents is 1. The molecule has 10 nitrogen and oxygen atoms in total. The van der Waals surface area contributed by atoms with Crippen LogP contribution in [0.15, 0.2) is 58.3 Å². The van der Waals surface area contributed by atoms with Crippen LogP contribution in [0.3, 0.4) is 0 Å². The molecule has 0 saturated heterocycles. The number of carbonyl (C=O) groups is 1. The number of carbonyl (C=O) groups excluding carboxylic acids is 1. The van der Waals surface area contributed by atoms with Gasteiger partial charge in [0.05, 0.1) is 11.1 Å². The van der Waals surface area contributed by atoms with E-state index < -0.39 is 10.8 Å². The van der Waals surface area contributed by atoms with Crippen LogP contribution in [-0.4, -0.2) is 27.4 Å². The highest BCUT2D eigenvalue weighted by atomic mass is 16.6. The van der Waals surface area contributed by atoms with Crippen molar-refractivity contribution in [2.75, 3.05) is 0 Å². The highest BCUT2D eigenvalue weighted by Crippen LogP contribution is 2.14. The van der Waals surface area contributed by atoms with Crippen LogP contribution in [-0.2, 0) is 6.61 Å². The lowest BCUT2D eigenvalue weighted by Gasteiger charge is -2.04. The van der Waals surface area contributed by atoms with E-state index in [1.54, 1.807) is 31.2 Å². The molecule has 1 N–H and O–H groups in total. The van der Waals surface area contributed by atoms with Gasteiger partial charge in [0, 0.05) is 17.7 Å². The second kappa shape index (κ2) is 8.54. The van der Waals surface area contributed by atoms with E-state index in [2.05, 4.69) is 25.5 Å². The number of aromatic nitrogens is 2. The molecule has 10 heteroatoms. The van der Waals surface area contributed by atoms with Gasteiger partial charge in [0.25, 0.3) is 11.6 Å². The summed E-state index contributed by atoms with van der Waals surface area (Å²) in [6.07, 6.45) is 1.45. The number of hydrogen-bond donors (Lipinski definition) is 1. The van der Waals surface area contributed by atoms with Gasteiger partial charge in [0.15, 0.2) is 0 Å². The van der Waals surface area contributed by atoms with E-state index in [0.29, 0.717) is 17.1 Å². The standard InChI is InChI=1S/C18H15N5O5/c1-12-17(22-28-21-12)11-27-16-7-5-13(6-8-16)10-19-20-18(24)14-3-2-4-15(9-14)23(25)26/h2-10H,11H2,1H3,(H,20,24)/b19-10+. The first kappa shape index (κ1) is 18.7. The molecule has 28 heavy (non-hydrogen) atoms. The fraction of sp³-hybridized carbons (Fsp3) is 0.111. The molecular formula is C18H15N5O5. The maximum Gasteiger partial charge on any atom is 0.271 e. The van der Waals surface area contributed by atoms with E-state index in [1.165, 1.54) is 30.5 Å². The normalized spacial score (nSPS) is 10.8. The minimum Gasteiger partial charge on any atom is -0.487 e. The Kier molecular flexibility index (Phi) is 5.70. The summed E-state index contributed by atoms with van der Waals surface area (Å²) < 4.78 is 10.2. The SMILES string of the molecule is Cc1nonc1COc1ccc(/C=N/NC(=O)c2cccc([N+](=O)[O-])c2)cc1. The van der Waals surface area contributed by atoms with Gasteiger partial charge >= 0.3 is 0 Å². The fourth-order valence-corrected chi connectivity index (χ4v) is 2.17. The van der Waals surface area contributed by atoms with Gasteiger partial charge in [-0.1, -0.05) is 16.4 Å². The molecule has 0 aliphatic heterocycles. The number of nitrogens with one attached hydrogen (secondary N) is 1. The third-order valence-corrected chi connectivity index (χ3v) is 3.70. The van der Waals surface area contributed by atoms with Crippen molar-refractivity contribution >= 4 is 17.8 Å². The monoisotopic (exact) mass is 381 g/mol. The van der Waals surface area contributed by atoms with Gasteiger partial charge in [0.1, 0.15) is 23.7 Å². The van der Waals surface area contributed by atoms with E-state index in [1.807, 2.05) is 0 Å². The fourth-order valence-electron chi connectivity index (χ4n) is 2.17. The number of amides is 1. The summed E-state index contributed by atoms with van der Waals surface area (Å²) in [5.74, 6) is 0.0803. The van der Waals surface area contributed by atoms with Crippen molar-refractivity contribution in [1.82, 2.24) is 15.7 Å². The topological polar surface area (TPSA) is 133 Å². The molecule has 2 aromatic carbocycles. The molecule has 0 aliphatic rings. The van der Waals surface area contributed by atoms with Crippen molar-refractivity contribution in [3.8, 4) is 5.75 Å². The summed E-state index contributed by atoms with van der Waals surface area (Å²) in [4.78, 5) is 22.2. The average Bonchev–Trinajstić information content (AvgIpc) is 3.12. The molecule has 0 saturated carbocycles. The van der Waals surface area contributed by atoms with Crippen LogP contribution < -0.4 is 10.2 Å². The van der Waals surface area contributed by atoms with Crippen LogP contribution in [0.2, 0.25) is 0 Å². The minimum absolute atomic E-state index is 0.146. The van der Waals surface area contributed by atoms with Crippen molar-refractivity contribution < 1.29 is 19.1 Å². The number of nitro groups is 1. The van der Waals surface area contributed by atoms with Crippen LogP contribution in [0.4, 0.5) is 5.69 Å². The van der Waals surface area contributed by atoms with Gasteiger partial charge in [0.2, 0.25) is 0 Å². The number of hydrazone groups is 1. The number of rotatable bonds is 7. The summed E-state index contributed by atoms with van der Waals surface area (Å²) in [6.45, 7) is 2.01. The van der Waals surface area contributed by atoms with Gasteiger partial charge < -0.3 is 4.74 Å². The third-order valence-electron chi connectivity index (χ3n) is 3.70. The van der Waals surface area contributed by atoms with Crippen molar-refractivity contribution in [3.05, 3.63) is 81.2 Å². The smallest absolute Gasteiger partial charge is 0.271 e. The predicted octanol–water partition coefficient (Wildman–Crippen LogP) is 2.63. The van der Waals surface area contributed by atoms with Crippen molar-refractivity contribution in [3.63, 3.8) is 0 Å². The predicted molar refractivity (Wildman–Crippen MR) is 98.0 cm³/mol. The molecule has 1 heterocycles. The van der Waals surface area contributed by atoms with E-state index in [4.69, 9.17) is 4.74 Å². The molecular weight excluding hydrogens is 366 g/mol. The molecule has 0 fully saturated rings. The Labute approximate surface area is 158 Å². The van der Waals surface area contributed by atoms with Crippen molar-refractivity contribution in [2.45, 2.75) is 13.5 Å². The molecule has 0 aliphatic carbocycles.